The van der Waals surface area contributed by atoms with Crippen molar-refractivity contribution < 1.29 is 4.79 Å². The van der Waals surface area contributed by atoms with Crippen LogP contribution in [0, 0.1) is 0 Å². The monoisotopic (exact) mass is 383 g/mol. The number of benzene rings is 1. The number of carbonyl (C=O) groups is 1. The van der Waals surface area contributed by atoms with Gasteiger partial charge in [-0.1, -0.05) is 23.7 Å². The highest BCUT2D eigenvalue weighted by atomic mass is 35.5. The molecule has 1 aliphatic heterocycles. The first-order chi connectivity index (χ1) is 13.1. The van der Waals surface area contributed by atoms with Gasteiger partial charge < -0.3 is 4.90 Å². The van der Waals surface area contributed by atoms with Crippen molar-refractivity contribution in [1.29, 1.82) is 0 Å². The maximum absolute atomic E-state index is 12.6. The Hall–Kier alpha value is -2.93. The predicted molar refractivity (Wildman–Crippen MR) is 101 cm³/mol. The van der Waals surface area contributed by atoms with E-state index in [-0.39, 0.29) is 17.5 Å². The number of carbonyl (C=O) groups excluding carboxylic acids is 1. The van der Waals surface area contributed by atoms with E-state index in [4.69, 9.17) is 11.6 Å². The zero-order chi connectivity index (χ0) is 18.8. The van der Waals surface area contributed by atoms with Crippen LogP contribution in [0.15, 0.2) is 53.5 Å². The van der Waals surface area contributed by atoms with Crippen molar-refractivity contribution in [3.8, 4) is 5.82 Å². The van der Waals surface area contributed by atoms with Gasteiger partial charge in [0.05, 0.1) is 0 Å². The molecule has 1 fully saturated rings. The smallest absolute Gasteiger partial charge is 0.339 e. The van der Waals surface area contributed by atoms with Crippen LogP contribution in [0.1, 0.15) is 34.9 Å². The van der Waals surface area contributed by atoms with Gasteiger partial charge >= 0.3 is 5.69 Å². The normalized spacial score (nSPS) is 15.1. The summed E-state index contributed by atoms with van der Waals surface area (Å²) in [5, 5.41) is 4.96. The van der Waals surface area contributed by atoms with E-state index in [1.54, 1.807) is 42.6 Å². The first-order valence-corrected chi connectivity index (χ1v) is 9.15. The van der Waals surface area contributed by atoms with Crippen LogP contribution < -0.4 is 5.69 Å². The molecule has 0 unspecified atom stereocenters. The molecule has 1 amide bonds. The Morgan fingerprint density at radius 3 is 2.67 bits per heavy atom. The Balaban J connectivity index is 1.45. The van der Waals surface area contributed by atoms with Crippen LogP contribution in [0.2, 0.25) is 5.02 Å². The molecule has 7 nitrogen and oxygen atoms in total. The van der Waals surface area contributed by atoms with Gasteiger partial charge in [-0.15, -0.1) is 5.10 Å². The van der Waals surface area contributed by atoms with Gasteiger partial charge in [-0.25, -0.2) is 9.78 Å². The molecule has 138 valence electrons. The number of nitrogens with zero attached hydrogens (tertiary/aromatic N) is 4. The van der Waals surface area contributed by atoms with Crippen molar-refractivity contribution in [2.45, 2.75) is 18.8 Å². The van der Waals surface area contributed by atoms with E-state index in [9.17, 15) is 9.59 Å². The minimum atomic E-state index is -0.305. The van der Waals surface area contributed by atoms with Crippen molar-refractivity contribution in [2.24, 2.45) is 0 Å². The molecule has 0 aliphatic carbocycles. The average molecular weight is 384 g/mol. The summed E-state index contributed by atoms with van der Waals surface area (Å²) in [6, 6.07) is 12.3. The largest absolute Gasteiger partial charge is 0.349 e. The van der Waals surface area contributed by atoms with E-state index in [1.807, 2.05) is 11.0 Å². The maximum Gasteiger partial charge on any atom is 0.349 e. The maximum atomic E-state index is 12.6. The van der Waals surface area contributed by atoms with Crippen molar-refractivity contribution in [1.82, 2.24) is 24.6 Å². The second kappa shape index (κ2) is 7.36. The van der Waals surface area contributed by atoms with Crippen molar-refractivity contribution >= 4 is 17.5 Å². The molecule has 1 N–H and O–H groups in total. The number of pyridine rings is 1. The summed E-state index contributed by atoms with van der Waals surface area (Å²) in [5.74, 6) is 1.20. The third kappa shape index (κ3) is 3.64. The number of nitrogens with one attached hydrogen (secondary N) is 1. The number of halogens is 1. The number of hydrogen-bond acceptors (Lipinski definition) is 4. The Kier molecular flexibility index (Phi) is 4.77. The Labute approximate surface area is 160 Å². The number of aromatic amines is 1. The van der Waals surface area contributed by atoms with E-state index in [0.29, 0.717) is 35.3 Å². The number of hydrogen-bond donors (Lipinski definition) is 1. The van der Waals surface area contributed by atoms with E-state index < -0.39 is 0 Å². The predicted octanol–water partition coefficient (Wildman–Crippen LogP) is 2.63. The number of rotatable bonds is 3. The molecule has 4 rings (SSSR count). The zero-order valence-corrected chi connectivity index (χ0v) is 15.3. The van der Waals surface area contributed by atoms with Crippen LogP contribution in [0.4, 0.5) is 0 Å². The van der Waals surface area contributed by atoms with Crippen molar-refractivity contribution in [2.75, 3.05) is 13.1 Å². The molecule has 0 spiro atoms. The molecule has 0 radical (unpaired) electrons. The topological polar surface area (TPSA) is 83.9 Å². The van der Waals surface area contributed by atoms with Crippen LogP contribution in [-0.4, -0.2) is 43.6 Å². The SMILES string of the molecule is O=C(c1cccc(Cl)c1)N1CCC(c2nn(-c3ccccn3)c(=O)[nH]2)CC1. The lowest BCUT2D eigenvalue weighted by molar-refractivity contribution is 0.0711. The lowest BCUT2D eigenvalue weighted by atomic mass is 9.95. The third-order valence-corrected chi connectivity index (χ3v) is 4.98. The Bertz CT molecular complexity index is 1010. The molecule has 3 heterocycles. The molecule has 1 aliphatic rings. The fourth-order valence-corrected chi connectivity index (χ4v) is 3.51. The molecule has 8 heteroatoms. The van der Waals surface area contributed by atoms with Crippen LogP contribution >= 0.6 is 11.6 Å². The second-order valence-electron chi connectivity index (χ2n) is 6.49. The minimum Gasteiger partial charge on any atom is -0.339 e. The van der Waals surface area contributed by atoms with E-state index in [0.717, 1.165) is 12.8 Å². The van der Waals surface area contributed by atoms with Crippen LogP contribution in [-0.2, 0) is 0 Å². The van der Waals surface area contributed by atoms with Crippen LogP contribution in [0.3, 0.4) is 0 Å². The van der Waals surface area contributed by atoms with E-state index in [1.165, 1.54) is 4.68 Å². The molecule has 0 bridgehead atoms. The quantitative estimate of drug-likeness (QED) is 0.753. The summed E-state index contributed by atoms with van der Waals surface area (Å²) in [7, 11) is 0. The summed E-state index contributed by atoms with van der Waals surface area (Å²) >= 11 is 5.98. The molecular weight excluding hydrogens is 366 g/mol. The summed E-state index contributed by atoms with van der Waals surface area (Å²) in [6.07, 6.45) is 3.10. The summed E-state index contributed by atoms with van der Waals surface area (Å²) in [6.45, 7) is 1.21. The first kappa shape index (κ1) is 17.5. The van der Waals surface area contributed by atoms with Crippen LogP contribution in [0.5, 0.6) is 0 Å². The molecule has 1 aromatic carbocycles. The first-order valence-electron chi connectivity index (χ1n) is 8.77. The zero-order valence-electron chi connectivity index (χ0n) is 14.5. The molecule has 1 saturated heterocycles. The standard InChI is InChI=1S/C19H18ClN5O2/c20-15-5-3-4-14(12-15)18(26)24-10-7-13(8-11-24)17-22-19(27)25(23-17)16-6-1-2-9-21-16/h1-6,9,12-13H,7-8,10-11H2,(H,22,23,27). The van der Waals surface area contributed by atoms with Crippen LogP contribution in [0.25, 0.3) is 5.82 Å². The van der Waals surface area contributed by atoms with Gasteiger partial charge in [0.2, 0.25) is 0 Å². The van der Waals surface area contributed by atoms with Gasteiger partial charge in [-0.05, 0) is 43.2 Å². The number of aromatic nitrogens is 4. The van der Waals surface area contributed by atoms with Gasteiger partial charge in [0.15, 0.2) is 5.82 Å². The summed E-state index contributed by atoms with van der Waals surface area (Å²) in [4.78, 5) is 33.6. The highest BCUT2D eigenvalue weighted by molar-refractivity contribution is 6.30. The van der Waals surface area contributed by atoms with Gasteiger partial charge in [-0.2, -0.15) is 4.68 Å². The molecular formula is C19H18ClN5O2. The molecule has 0 atom stereocenters. The summed E-state index contributed by atoms with van der Waals surface area (Å²) in [5.41, 5.74) is 0.287. The fraction of sp³-hybridized carbons (Fsp3) is 0.263. The van der Waals surface area contributed by atoms with E-state index >= 15 is 0 Å². The Morgan fingerprint density at radius 1 is 1.15 bits per heavy atom. The van der Waals surface area contributed by atoms with Gasteiger partial charge in [0.25, 0.3) is 5.91 Å². The molecule has 0 saturated carbocycles. The van der Waals surface area contributed by atoms with Gasteiger partial charge in [0.1, 0.15) is 5.82 Å². The number of piperidine rings is 1. The van der Waals surface area contributed by atoms with Gasteiger partial charge in [0, 0.05) is 35.8 Å². The summed E-state index contributed by atoms with van der Waals surface area (Å²) < 4.78 is 1.28. The molecule has 27 heavy (non-hydrogen) atoms. The highest BCUT2D eigenvalue weighted by Gasteiger charge is 2.27. The fourth-order valence-electron chi connectivity index (χ4n) is 3.32. The van der Waals surface area contributed by atoms with Gasteiger partial charge in [-0.3, -0.25) is 9.78 Å². The number of amides is 1. The second-order valence-corrected chi connectivity index (χ2v) is 6.93. The lowest BCUT2D eigenvalue weighted by Gasteiger charge is -2.31. The lowest BCUT2D eigenvalue weighted by Crippen LogP contribution is -2.38. The number of H-pyrrole nitrogens is 1. The van der Waals surface area contributed by atoms with Crippen molar-refractivity contribution in [3.63, 3.8) is 0 Å². The highest BCUT2D eigenvalue weighted by Crippen LogP contribution is 2.26. The Morgan fingerprint density at radius 2 is 1.96 bits per heavy atom. The van der Waals surface area contributed by atoms with Crippen molar-refractivity contribution in [3.05, 3.63) is 75.6 Å². The molecule has 2 aromatic heterocycles. The number of likely N-dealkylation sites (tertiary alicyclic amines) is 1. The average Bonchev–Trinajstić information content (AvgIpc) is 3.10. The minimum absolute atomic E-state index is 0.0246. The third-order valence-electron chi connectivity index (χ3n) is 4.74. The van der Waals surface area contributed by atoms with E-state index in [2.05, 4.69) is 15.1 Å². The molecule has 3 aromatic rings.